The monoisotopic (exact) mass is 464 g/mol. The van der Waals surface area contributed by atoms with Gasteiger partial charge >= 0.3 is 0 Å². The molecule has 1 N–H and O–H groups in total. The van der Waals surface area contributed by atoms with Gasteiger partial charge in [-0.1, -0.05) is 29.8 Å². The number of hydrogen-bond donors (Lipinski definition) is 1. The van der Waals surface area contributed by atoms with Crippen LogP contribution in [0.5, 0.6) is 5.75 Å². The maximum atomic E-state index is 12.4. The SMILES string of the molecule is Cc1cc(NC(=O)COc2ccc(Cl)cc2)n(-c2nc(-c3cc4ccccc4o3)cs2)n1. The Balaban J connectivity index is 1.33. The predicted molar refractivity (Wildman–Crippen MR) is 125 cm³/mol. The second-order valence-electron chi connectivity index (χ2n) is 7.04. The molecule has 0 aliphatic carbocycles. The first-order chi connectivity index (χ1) is 15.5. The summed E-state index contributed by atoms with van der Waals surface area (Å²) < 4.78 is 13.0. The van der Waals surface area contributed by atoms with Crippen LogP contribution < -0.4 is 10.1 Å². The van der Waals surface area contributed by atoms with Gasteiger partial charge in [0.1, 0.15) is 22.8 Å². The number of benzene rings is 2. The summed E-state index contributed by atoms with van der Waals surface area (Å²) in [7, 11) is 0. The Labute approximate surface area is 192 Å². The molecule has 0 spiro atoms. The molecule has 0 atom stereocenters. The van der Waals surface area contributed by atoms with Gasteiger partial charge in [0.05, 0.1) is 5.69 Å². The number of halogens is 1. The van der Waals surface area contributed by atoms with Crippen molar-refractivity contribution in [2.45, 2.75) is 6.92 Å². The number of ether oxygens (including phenoxy) is 1. The number of nitrogens with one attached hydrogen (secondary N) is 1. The molecular formula is C23H17ClN4O3S. The van der Waals surface area contributed by atoms with Gasteiger partial charge in [0.25, 0.3) is 5.91 Å². The van der Waals surface area contributed by atoms with Crippen molar-refractivity contribution in [1.82, 2.24) is 14.8 Å². The minimum atomic E-state index is -0.310. The lowest BCUT2D eigenvalue weighted by Crippen LogP contribution is -2.21. The number of furan rings is 1. The van der Waals surface area contributed by atoms with Gasteiger partial charge in [-0.3, -0.25) is 4.79 Å². The standard InChI is InChI=1S/C23H17ClN4O3S/c1-14-10-21(26-22(29)12-30-17-8-6-16(24)7-9-17)28(27-14)23-25-18(13-32-23)20-11-15-4-2-3-5-19(15)31-20/h2-11,13H,12H2,1H3,(H,26,29). The molecule has 0 radical (unpaired) electrons. The minimum absolute atomic E-state index is 0.145. The lowest BCUT2D eigenvalue weighted by Gasteiger charge is -2.08. The molecule has 7 nitrogen and oxygen atoms in total. The van der Waals surface area contributed by atoms with E-state index in [-0.39, 0.29) is 12.5 Å². The maximum absolute atomic E-state index is 12.4. The Bertz CT molecular complexity index is 1370. The molecule has 1 amide bonds. The second kappa shape index (κ2) is 8.49. The van der Waals surface area contributed by atoms with Crippen molar-refractivity contribution in [3.8, 4) is 22.3 Å². The zero-order valence-corrected chi connectivity index (χ0v) is 18.5. The van der Waals surface area contributed by atoms with E-state index in [0.717, 1.165) is 16.7 Å². The fourth-order valence-electron chi connectivity index (χ4n) is 3.18. The molecule has 0 saturated heterocycles. The van der Waals surface area contributed by atoms with Gasteiger partial charge in [-0.05, 0) is 43.3 Å². The Morgan fingerprint density at radius 1 is 1.19 bits per heavy atom. The van der Waals surface area contributed by atoms with Crippen molar-refractivity contribution in [2.24, 2.45) is 0 Å². The lowest BCUT2D eigenvalue weighted by molar-refractivity contribution is -0.118. The molecule has 3 aromatic heterocycles. The molecule has 0 aliphatic rings. The number of nitrogens with zero attached hydrogens (tertiary/aromatic N) is 3. The number of rotatable bonds is 6. The van der Waals surface area contributed by atoms with Crippen molar-refractivity contribution in [1.29, 1.82) is 0 Å². The number of amides is 1. The van der Waals surface area contributed by atoms with Crippen LogP contribution in [0.15, 0.2) is 70.5 Å². The van der Waals surface area contributed by atoms with Gasteiger partial charge in [0, 0.05) is 21.9 Å². The van der Waals surface area contributed by atoms with Crippen molar-refractivity contribution in [3.05, 3.63) is 76.8 Å². The highest BCUT2D eigenvalue weighted by Gasteiger charge is 2.16. The fraction of sp³-hybridized carbons (Fsp3) is 0.0870. The molecule has 5 aromatic rings. The van der Waals surface area contributed by atoms with E-state index >= 15 is 0 Å². The number of anilines is 1. The molecule has 3 heterocycles. The van der Waals surface area contributed by atoms with Crippen LogP contribution in [0.25, 0.3) is 27.6 Å². The number of para-hydroxylation sites is 1. The Hall–Kier alpha value is -3.62. The van der Waals surface area contributed by atoms with Crippen LogP contribution in [0, 0.1) is 6.92 Å². The molecule has 0 saturated carbocycles. The average molecular weight is 465 g/mol. The number of aryl methyl sites for hydroxylation is 1. The third-order valence-electron chi connectivity index (χ3n) is 4.63. The largest absolute Gasteiger partial charge is 0.484 e. The van der Waals surface area contributed by atoms with Crippen LogP contribution in [-0.2, 0) is 4.79 Å². The van der Waals surface area contributed by atoms with Gasteiger partial charge < -0.3 is 14.5 Å². The maximum Gasteiger partial charge on any atom is 0.263 e. The highest BCUT2D eigenvalue weighted by Crippen LogP contribution is 2.30. The molecule has 5 rings (SSSR count). The van der Waals surface area contributed by atoms with E-state index in [4.69, 9.17) is 20.8 Å². The summed E-state index contributed by atoms with van der Waals surface area (Å²) in [6, 6.07) is 18.4. The van der Waals surface area contributed by atoms with E-state index in [1.165, 1.54) is 11.3 Å². The quantitative estimate of drug-likeness (QED) is 0.347. The molecule has 0 fully saturated rings. The number of carbonyl (C=O) groups is 1. The van der Waals surface area contributed by atoms with Gasteiger partial charge in [-0.15, -0.1) is 11.3 Å². The second-order valence-corrected chi connectivity index (χ2v) is 8.31. The molecule has 2 aromatic carbocycles. The summed E-state index contributed by atoms with van der Waals surface area (Å²) in [5.74, 6) is 1.44. The van der Waals surface area contributed by atoms with Crippen molar-refractivity contribution in [2.75, 3.05) is 11.9 Å². The van der Waals surface area contributed by atoms with E-state index in [2.05, 4.69) is 15.4 Å². The number of aromatic nitrogens is 3. The summed E-state index contributed by atoms with van der Waals surface area (Å²) in [5, 5.41) is 11.4. The molecular weight excluding hydrogens is 448 g/mol. The fourth-order valence-corrected chi connectivity index (χ4v) is 4.08. The van der Waals surface area contributed by atoms with Crippen molar-refractivity contribution in [3.63, 3.8) is 0 Å². The van der Waals surface area contributed by atoms with Crippen LogP contribution in [0.2, 0.25) is 5.02 Å². The first-order valence-corrected chi connectivity index (χ1v) is 11.0. The molecule has 32 heavy (non-hydrogen) atoms. The predicted octanol–water partition coefficient (Wildman–Crippen LogP) is 5.72. The molecule has 0 unspecified atom stereocenters. The first-order valence-electron chi connectivity index (χ1n) is 9.75. The molecule has 0 aliphatic heterocycles. The van der Waals surface area contributed by atoms with E-state index < -0.39 is 0 Å². The molecule has 160 valence electrons. The number of thiazole rings is 1. The van der Waals surface area contributed by atoms with E-state index in [9.17, 15) is 4.79 Å². The van der Waals surface area contributed by atoms with Gasteiger partial charge in [0.2, 0.25) is 5.13 Å². The van der Waals surface area contributed by atoms with Gasteiger partial charge in [-0.25, -0.2) is 4.98 Å². The summed E-state index contributed by atoms with van der Waals surface area (Å²) in [5.41, 5.74) is 2.26. The van der Waals surface area contributed by atoms with Crippen molar-refractivity contribution >= 4 is 45.6 Å². The van der Waals surface area contributed by atoms with Gasteiger partial charge in [0.15, 0.2) is 12.4 Å². The van der Waals surface area contributed by atoms with Crippen LogP contribution in [-0.4, -0.2) is 27.3 Å². The first kappa shape index (κ1) is 20.3. The Morgan fingerprint density at radius 3 is 2.81 bits per heavy atom. The highest BCUT2D eigenvalue weighted by atomic mass is 35.5. The third kappa shape index (κ3) is 4.23. The molecule has 0 bridgehead atoms. The van der Waals surface area contributed by atoms with Crippen LogP contribution in [0.3, 0.4) is 0 Å². The average Bonchev–Trinajstić information content (AvgIpc) is 3.51. The molecule has 9 heteroatoms. The third-order valence-corrected chi connectivity index (χ3v) is 5.70. The summed E-state index contributed by atoms with van der Waals surface area (Å²) in [6.07, 6.45) is 0. The van der Waals surface area contributed by atoms with Crippen molar-refractivity contribution < 1.29 is 13.9 Å². The van der Waals surface area contributed by atoms with E-state index in [0.29, 0.717) is 33.2 Å². The number of carbonyl (C=O) groups excluding carboxylic acids is 1. The van der Waals surface area contributed by atoms with Gasteiger partial charge in [-0.2, -0.15) is 9.78 Å². The summed E-state index contributed by atoms with van der Waals surface area (Å²) in [4.78, 5) is 17.1. The highest BCUT2D eigenvalue weighted by molar-refractivity contribution is 7.12. The minimum Gasteiger partial charge on any atom is -0.484 e. The topological polar surface area (TPSA) is 82.2 Å². The normalized spacial score (nSPS) is 11.1. The summed E-state index contributed by atoms with van der Waals surface area (Å²) >= 11 is 7.27. The van der Waals surface area contributed by atoms with Crippen LogP contribution in [0.1, 0.15) is 5.69 Å². The zero-order valence-electron chi connectivity index (χ0n) is 16.9. The smallest absolute Gasteiger partial charge is 0.263 e. The Kier molecular flexibility index (Phi) is 5.38. The zero-order chi connectivity index (χ0) is 22.1. The number of hydrogen-bond acceptors (Lipinski definition) is 6. The summed E-state index contributed by atoms with van der Waals surface area (Å²) in [6.45, 7) is 1.71. The van der Waals surface area contributed by atoms with E-state index in [1.54, 1.807) is 35.0 Å². The van der Waals surface area contributed by atoms with Crippen LogP contribution >= 0.6 is 22.9 Å². The lowest BCUT2D eigenvalue weighted by atomic mass is 10.2. The van der Waals surface area contributed by atoms with Crippen LogP contribution in [0.4, 0.5) is 5.82 Å². The van der Waals surface area contributed by atoms with E-state index in [1.807, 2.05) is 42.6 Å². The number of fused-ring (bicyclic) bond motifs is 1. The Morgan fingerprint density at radius 2 is 2.00 bits per heavy atom.